The molecule has 23 heavy (non-hydrogen) atoms. The highest BCUT2D eigenvalue weighted by molar-refractivity contribution is 6.03. The maximum atomic E-state index is 13.2. The largest absolute Gasteiger partial charge is 0.366 e. The highest BCUT2D eigenvalue weighted by atomic mass is 19.3. The van der Waals surface area contributed by atoms with Crippen LogP contribution in [0.4, 0.5) is 26.1 Å². The molecule has 0 radical (unpaired) electrons. The number of fused-ring (bicyclic) bond motifs is 1. The van der Waals surface area contributed by atoms with Crippen LogP contribution in [0.2, 0.25) is 0 Å². The minimum absolute atomic E-state index is 0.0949. The Morgan fingerprint density at radius 2 is 2.26 bits per heavy atom. The first-order chi connectivity index (χ1) is 11.1. The third-order valence-electron chi connectivity index (χ3n) is 3.47. The smallest absolute Gasteiger partial charge is 0.262 e. The predicted octanol–water partition coefficient (Wildman–Crippen LogP) is 0.980. The van der Waals surface area contributed by atoms with Crippen LogP contribution in [0.5, 0.6) is 0 Å². The Hall–Kier alpha value is -2.78. The number of hydrogen-bond acceptors (Lipinski definition) is 6. The molecule has 0 saturated carbocycles. The first-order valence-electron chi connectivity index (χ1n) is 6.93. The number of alkyl halides is 2. The SMILES string of the molecule is CN1CC(=O)Nc2c(NCC(C(F)F)n3cccn3)ncnc21. The van der Waals surface area contributed by atoms with Crippen molar-refractivity contribution >= 4 is 23.2 Å². The Balaban J connectivity index is 1.81. The quantitative estimate of drug-likeness (QED) is 0.853. The summed E-state index contributed by atoms with van der Waals surface area (Å²) in [5.74, 6) is 0.623. The third-order valence-corrected chi connectivity index (χ3v) is 3.47. The minimum atomic E-state index is -2.60. The van der Waals surface area contributed by atoms with Crippen LogP contribution < -0.4 is 15.5 Å². The van der Waals surface area contributed by atoms with Gasteiger partial charge in [-0.1, -0.05) is 0 Å². The van der Waals surface area contributed by atoms with E-state index in [9.17, 15) is 13.6 Å². The summed E-state index contributed by atoms with van der Waals surface area (Å²) in [6.07, 6.45) is 1.64. The molecule has 8 nitrogen and oxygen atoms in total. The summed E-state index contributed by atoms with van der Waals surface area (Å²) in [4.78, 5) is 21.5. The molecule has 0 bridgehead atoms. The van der Waals surface area contributed by atoms with E-state index in [-0.39, 0.29) is 19.0 Å². The van der Waals surface area contributed by atoms with Crippen LogP contribution in [0.25, 0.3) is 0 Å². The fourth-order valence-corrected chi connectivity index (χ4v) is 2.36. The Bertz CT molecular complexity index is 692. The fraction of sp³-hybridized carbons (Fsp3) is 0.385. The summed E-state index contributed by atoms with van der Waals surface area (Å²) < 4.78 is 27.6. The van der Waals surface area contributed by atoms with E-state index >= 15 is 0 Å². The number of amides is 1. The maximum absolute atomic E-state index is 13.2. The molecular weight excluding hydrogens is 308 g/mol. The number of halogens is 2. The van der Waals surface area contributed by atoms with E-state index in [4.69, 9.17) is 0 Å². The number of aromatic nitrogens is 4. The van der Waals surface area contributed by atoms with E-state index in [0.717, 1.165) is 0 Å². The van der Waals surface area contributed by atoms with Gasteiger partial charge in [-0.25, -0.2) is 18.7 Å². The lowest BCUT2D eigenvalue weighted by atomic mass is 10.2. The first kappa shape index (κ1) is 15.1. The van der Waals surface area contributed by atoms with Gasteiger partial charge < -0.3 is 15.5 Å². The second kappa shape index (κ2) is 6.15. The Morgan fingerprint density at radius 1 is 1.43 bits per heavy atom. The van der Waals surface area contributed by atoms with Crippen LogP contribution in [0.3, 0.4) is 0 Å². The predicted molar refractivity (Wildman–Crippen MR) is 79.7 cm³/mol. The molecule has 3 rings (SSSR count). The van der Waals surface area contributed by atoms with Crippen molar-refractivity contribution in [1.29, 1.82) is 0 Å². The number of carbonyl (C=O) groups is 1. The van der Waals surface area contributed by atoms with Crippen molar-refractivity contribution in [2.45, 2.75) is 12.5 Å². The van der Waals surface area contributed by atoms with Gasteiger partial charge in [0.05, 0.1) is 6.54 Å². The lowest BCUT2D eigenvalue weighted by molar-refractivity contribution is -0.115. The number of nitrogens with one attached hydrogen (secondary N) is 2. The molecular formula is C13H15F2N7O. The van der Waals surface area contributed by atoms with Gasteiger partial charge in [0.15, 0.2) is 11.6 Å². The standard InChI is InChI=1S/C13H15F2N7O/c1-21-6-9(23)20-10-12(17-7-18-13(10)21)16-5-8(11(14)15)22-4-2-3-19-22/h2-4,7-8,11H,5-6H2,1H3,(H,20,23)(H,16,17,18). The number of anilines is 3. The maximum Gasteiger partial charge on any atom is 0.262 e. The van der Waals surface area contributed by atoms with Crippen molar-refractivity contribution in [3.05, 3.63) is 24.8 Å². The average Bonchev–Trinajstić information content (AvgIpc) is 3.01. The molecule has 0 aliphatic carbocycles. The first-order valence-corrected chi connectivity index (χ1v) is 6.93. The van der Waals surface area contributed by atoms with Gasteiger partial charge in [0, 0.05) is 26.0 Å². The van der Waals surface area contributed by atoms with Gasteiger partial charge in [0.25, 0.3) is 6.43 Å². The topological polar surface area (TPSA) is 88.0 Å². The van der Waals surface area contributed by atoms with Gasteiger partial charge in [0.1, 0.15) is 18.1 Å². The van der Waals surface area contributed by atoms with E-state index in [2.05, 4.69) is 25.7 Å². The average molecular weight is 323 g/mol. The molecule has 0 saturated heterocycles. The van der Waals surface area contributed by atoms with Gasteiger partial charge in [-0.15, -0.1) is 0 Å². The summed E-state index contributed by atoms with van der Waals surface area (Å²) in [6, 6.07) is 0.435. The molecule has 3 heterocycles. The molecule has 2 aromatic rings. The van der Waals surface area contributed by atoms with Crippen molar-refractivity contribution in [2.24, 2.45) is 0 Å². The number of hydrogen-bond donors (Lipinski definition) is 2. The van der Waals surface area contributed by atoms with Crippen LogP contribution >= 0.6 is 0 Å². The summed E-state index contributed by atoms with van der Waals surface area (Å²) >= 11 is 0. The molecule has 10 heteroatoms. The van der Waals surface area contributed by atoms with E-state index in [1.165, 1.54) is 23.4 Å². The Labute approximate surface area is 130 Å². The minimum Gasteiger partial charge on any atom is -0.366 e. The van der Waals surface area contributed by atoms with E-state index < -0.39 is 12.5 Å². The van der Waals surface area contributed by atoms with Crippen LogP contribution in [0, 0.1) is 0 Å². The number of likely N-dealkylation sites (N-methyl/N-ethyl adjacent to an activating group) is 1. The monoisotopic (exact) mass is 323 g/mol. The van der Waals surface area contributed by atoms with Crippen LogP contribution in [0.15, 0.2) is 24.8 Å². The van der Waals surface area contributed by atoms with Crippen LogP contribution in [0.1, 0.15) is 6.04 Å². The van der Waals surface area contributed by atoms with Crippen molar-refractivity contribution in [3.63, 3.8) is 0 Å². The fourth-order valence-electron chi connectivity index (χ4n) is 2.36. The molecule has 122 valence electrons. The second-order valence-electron chi connectivity index (χ2n) is 5.09. The highest BCUT2D eigenvalue weighted by Gasteiger charge is 2.26. The summed E-state index contributed by atoms with van der Waals surface area (Å²) in [7, 11) is 1.72. The molecule has 2 aromatic heterocycles. The van der Waals surface area contributed by atoms with Gasteiger partial charge >= 0.3 is 0 Å². The molecule has 1 unspecified atom stereocenters. The molecule has 1 amide bonds. The second-order valence-corrected chi connectivity index (χ2v) is 5.09. The zero-order valence-corrected chi connectivity index (χ0v) is 12.3. The Kier molecular flexibility index (Phi) is 4.04. The van der Waals surface area contributed by atoms with Gasteiger partial charge in [0.2, 0.25) is 5.91 Å². The van der Waals surface area contributed by atoms with E-state index in [1.807, 2.05) is 0 Å². The number of nitrogens with zero attached hydrogens (tertiary/aromatic N) is 5. The molecule has 1 aliphatic rings. The number of rotatable bonds is 5. The van der Waals surface area contributed by atoms with Crippen molar-refractivity contribution in [3.8, 4) is 0 Å². The third kappa shape index (κ3) is 3.05. The molecule has 1 atom stereocenters. The molecule has 0 spiro atoms. The van der Waals surface area contributed by atoms with E-state index in [1.54, 1.807) is 18.0 Å². The van der Waals surface area contributed by atoms with Crippen LogP contribution in [-0.2, 0) is 4.79 Å². The Morgan fingerprint density at radius 3 is 2.96 bits per heavy atom. The highest BCUT2D eigenvalue weighted by Crippen LogP contribution is 2.31. The summed E-state index contributed by atoms with van der Waals surface area (Å²) in [6.45, 7) is 0.0821. The molecule has 0 aromatic carbocycles. The van der Waals surface area contributed by atoms with Crippen molar-refractivity contribution < 1.29 is 13.6 Å². The lowest BCUT2D eigenvalue weighted by Gasteiger charge is -2.27. The van der Waals surface area contributed by atoms with Gasteiger partial charge in [-0.2, -0.15) is 5.10 Å². The van der Waals surface area contributed by atoms with Crippen molar-refractivity contribution in [1.82, 2.24) is 19.7 Å². The van der Waals surface area contributed by atoms with Gasteiger partial charge in [-0.05, 0) is 6.07 Å². The zero-order valence-electron chi connectivity index (χ0n) is 12.3. The molecule has 0 fully saturated rings. The van der Waals surface area contributed by atoms with Crippen LogP contribution in [-0.4, -0.2) is 52.2 Å². The zero-order chi connectivity index (χ0) is 16.4. The summed E-state index contributed by atoms with van der Waals surface area (Å²) in [5.41, 5.74) is 0.389. The van der Waals surface area contributed by atoms with E-state index in [0.29, 0.717) is 17.3 Å². The lowest BCUT2D eigenvalue weighted by Crippen LogP contribution is -2.37. The molecule has 2 N–H and O–H groups in total. The molecule has 1 aliphatic heterocycles. The number of carbonyl (C=O) groups excluding carboxylic acids is 1. The van der Waals surface area contributed by atoms with Gasteiger partial charge in [-0.3, -0.25) is 9.48 Å². The van der Waals surface area contributed by atoms with Crippen molar-refractivity contribution in [2.75, 3.05) is 35.7 Å². The summed E-state index contributed by atoms with van der Waals surface area (Å²) in [5, 5.41) is 9.37. The normalized spacial score (nSPS) is 15.3.